The summed E-state index contributed by atoms with van der Waals surface area (Å²) in [4.78, 5) is 8.95. The molecule has 15 heavy (non-hydrogen) atoms. The summed E-state index contributed by atoms with van der Waals surface area (Å²) in [5.41, 5.74) is 5.07. The second kappa shape index (κ2) is 8.33. The molecule has 0 aliphatic heterocycles. The number of hydrogen-bond acceptors (Lipinski definition) is 5. The van der Waals surface area contributed by atoms with Gasteiger partial charge in [0.1, 0.15) is 6.11 Å². The molecule has 0 heterocycles. The second-order valence-electron chi connectivity index (χ2n) is 2.24. The van der Waals surface area contributed by atoms with Gasteiger partial charge in [0.25, 0.3) is 0 Å². The average Bonchev–Trinajstić information content (AvgIpc) is 2.20. The fourth-order valence-corrected chi connectivity index (χ4v) is 1.07. The van der Waals surface area contributed by atoms with E-state index in [4.69, 9.17) is 15.4 Å². The van der Waals surface area contributed by atoms with Gasteiger partial charge >= 0.3 is 7.82 Å². The van der Waals surface area contributed by atoms with Crippen molar-refractivity contribution in [1.29, 1.82) is 0 Å². The van der Waals surface area contributed by atoms with Crippen LogP contribution in [0.3, 0.4) is 0 Å². The summed E-state index contributed by atoms with van der Waals surface area (Å²) in [5.74, 6) is 2.36. The number of ether oxygens (including phenoxy) is 1. The molecule has 1 atom stereocenters. The van der Waals surface area contributed by atoms with E-state index in [0.717, 1.165) is 0 Å². The van der Waals surface area contributed by atoms with Gasteiger partial charge < -0.3 is 15.0 Å². The highest BCUT2D eigenvalue weighted by molar-refractivity contribution is 7.47. The first-order chi connectivity index (χ1) is 7.12. The van der Waals surface area contributed by atoms with Gasteiger partial charge in [-0.3, -0.25) is 9.42 Å². The molecule has 0 fully saturated rings. The van der Waals surface area contributed by atoms with Gasteiger partial charge in [-0.05, 0) is 12.8 Å². The topological polar surface area (TPSA) is 91.0 Å². The van der Waals surface area contributed by atoms with Crippen LogP contribution in [0.2, 0.25) is 0 Å². The van der Waals surface area contributed by atoms with E-state index in [1.807, 2.05) is 6.11 Å². The van der Waals surface area contributed by atoms with Crippen molar-refractivity contribution < 1.29 is 23.2 Å². The molecule has 0 aliphatic rings. The standard InChI is InChI=1S/C8H14NO5P/c1-2-5-12-6-3-7-13-15(10,11)14-8-4-9/h2,5H,4,6,8-9H2,1H3,(H,10,11)/b5-2+. The zero-order valence-electron chi connectivity index (χ0n) is 8.38. The summed E-state index contributed by atoms with van der Waals surface area (Å²) in [7, 11) is -4.09. The van der Waals surface area contributed by atoms with Gasteiger partial charge in [-0.25, -0.2) is 4.57 Å². The number of rotatable bonds is 6. The molecule has 86 valence electrons. The van der Waals surface area contributed by atoms with Gasteiger partial charge in [-0.2, -0.15) is 0 Å². The summed E-state index contributed by atoms with van der Waals surface area (Å²) >= 11 is 0. The molecule has 3 N–H and O–H groups in total. The number of phosphoric acid groups is 1. The van der Waals surface area contributed by atoms with Crippen LogP contribution in [0.15, 0.2) is 12.3 Å². The quantitative estimate of drug-likeness (QED) is 0.303. The molecule has 0 aromatic rings. The highest BCUT2D eigenvalue weighted by Gasteiger charge is 2.20. The molecule has 0 aliphatic carbocycles. The summed E-state index contributed by atoms with van der Waals surface area (Å²) in [6.07, 6.45) is 5.13. The van der Waals surface area contributed by atoms with Gasteiger partial charge in [0.2, 0.25) is 0 Å². The predicted molar refractivity (Wildman–Crippen MR) is 54.5 cm³/mol. The Labute approximate surface area is 88.6 Å². The molecule has 7 heteroatoms. The summed E-state index contributed by atoms with van der Waals surface area (Å²) in [6.45, 7) is 1.92. The summed E-state index contributed by atoms with van der Waals surface area (Å²) < 4.78 is 24.5. The fourth-order valence-electron chi connectivity index (χ4n) is 0.500. The Bertz CT molecular complexity index is 293. The monoisotopic (exact) mass is 235 g/mol. The third-order valence-corrected chi connectivity index (χ3v) is 1.82. The lowest BCUT2D eigenvalue weighted by Gasteiger charge is -2.06. The highest BCUT2D eigenvalue weighted by Crippen LogP contribution is 2.42. The van der Waals surface area contributed by atoms with Crippen LogP contribution >= 0.6 is 7.82 Å². The Morgan fingerprint density at radius 3 is 2.93 bits per heavy atom. The third-order valence-electron chi connectivity index (χ3n) is 0.993. The minimum atomic E-state index is -4.09. The Balaban J connectivity index is 3.76. The van der Waals surface area contributed by atoms with Crippen LogP contribution in [0.1, 0.15) is 6.92 Å². The van der Waals surface area contributed by atoms with Crippen LogP contribution in [0.5, 0.6) is 0 Å². The number of phosphoric ester groups is 1. The maximum Gasteiger partial charge on any atom is 0.535 e. The molecule has 1 unspecified atom stereocenters. The first-order valence-electron chi connectivity index (χ1n) is 4.19. The normalized spacial score (nSPS) is 14.1. The summed E-state index contributed by atoms with van der Waals surface area (Å²) in [6, 6.07) is 0. The first-order valence-corrected chi connectivity index (χ1v) is 5.68. The van der Waals surface area contributed by atoms with Crippen LogP contribution in [-0.2, 0) is 18.3 Å². The van der Waals surface area contributed by atoms with E-state index in [9.17, 15) is 4.57 Å². The minimum Gasteiger partial charge on any atom is -0.489 e. The minimum absolute atomic E-state index is 0.0650. The van der Waals surface area contributed by atoms with Crippen molar-refractivity contribution in [2.24, 2.45) is 5.73 Å². The van der Waals surface area contributed by atoms with E-state index >= 15 is 0 Å². The van der Waals surface area contributed by atoms with Crippen molar-refractivity contribution in [3.63, 3.8) is 0 Å². The fraction of sp³-hybridized carbons (Fsp3) is 0.500. The predicted octanol–water partition coefficient (Wildman–Crippen LogP) is 0.590. The molecule has 6 nitrogen and oxygen atoms in total. The number of hydrogen-bond donors (Lipinski definition) is 2. The van der Waals surface area contributed by atoms with Gasteiger partial charge in [0.05, 0.1) is 12.9 Å². The Morgan fingerprint density at radius 1 is 1.60 bits per heavy atom. The van der Waals surface area contributed by atoms with Gasteiger partial charge in [-0.15, -0.1) is 0 Å². The second-order valence-corrected chi connectivity index (χ2v) is 3.62. The molecule has 0 radical (unpaired) electrons. The molecular weight excluding hydrogens is 221 g/mol. The van der Waals surface area contributed by atoms with E-state index in [1.54, 1.807) is 13.0 Å². The van der Waals surface area contributed by atoms with Crippen molar-refractivity contribution in [3.05, 3.63) is 12.3 Å². The molecular formula is C8H14NO5P. The van der Waals surface area contributed by atoms with Crippen LogP contribution in [0, 0.1) is 12.0 Å². The van der Waals surface area contributed by atoms with Crippen LogP contribution in [-0.4, -0.2) is 24.7 Å². The average molecular weight is 235 g/mol. The molecule has 0 aromatic heterocycles. The lowest BCUT2D eigenvalue weighted by atomic mass is 10.7. The molecule has 0 bridgehead atoms. The summed E-state index contributed by atoms with van der Waals surface area (Å²) in [5, 5.41) is 0. The largest absolute Gasteiger partial charge is 0.535 e. The molecule has 0 saturated heterocycles. The lowest BCUT2D eigenvalue weighted by Crippen LogP contribution is -2.07. The third kappa shape index (κ3) is 9.32. The van der Waals surface area contributed by atoms with Crippen molar-refractivity contribution >= 4 is 7.82 Å². The van der Waals surface area contributed by atoms with Gasteiger partial charge in [0, 0.05) is 6.54 Å². The van der Waals surface area contributed by atoms with Gasteiger partial charge in [-0.1, -0.05) is 6.08 Å². The van der Waals surface area contributed by atoms with E-state index in [1.165, 1.54) is 6.26 Å². The molecule has 0 spiro atoms. The van der Waals surface area contributed by atoms with Crippen molar-refractivity contribution in [2.45, 2.75) is 6.92 Å². The van der Waals surface area contributed by atoms with Crippen LogP contribution in [0.4, 0.5) is 0 Å². The van der Waals surface area contributed by atoms with Crippen molar-refractivity contribution in [1.82, 2.24) is 0 Å². The number of allylic oxidation sites excluding steroid dienone is 1. The first kappa shape index (κ1) is 14.0. The Kier molecular flexibility index (Phi) is 7.78. The zero-order valence-corrected chi connectivity index (χ0v) is 9.28. The van der Waals surface area contributed by atoms with Gasteiger partial charge in [0.15, 0.2) is 6.61 Å². The maximum atomic E-state index is 11.0. The van der Waals surface area contributed by atoms with E-state index in [-0.39, 0.29) is 19.8 Å². The Hall–Kier alpha value is -0.990. The lowest BCUT2D eigenvalue weighted by molar-refractivity contribution is 0.198. The molecule has 0 saturated carbocycles. The highest BCUT2D eigenvalue weighted by atomic mass is 31.2. The van der Waals surface area contributed by atoms with Crippen LogP contribution in [0.25, 0.3) is 0 Å². The van der Waals surface area contributed by atoms with E-state index in [0.29, 0.717) is 0 Å². The SMILES string of the molecule is C/C=C/OCC#COP(=O)(O)OCCN. The molecule has 0 aromatic carbocycles. The zero-order chi connectivity index (χ0) is 11.6. The smallest absolute Gasteiger partial charge is 0.489 e. The van der Waals surface area contributed by atoms with Crippen molar-refractivity contribution in [3.8, 4) is 12.0 Å². The number of nitrogens with two attached hydrogens (primary N) is 1. The van der Waals surface area contributed by atoms with Crippen molar-refractivity contribution in [2.75, 3.05) is 19.8 Å². The molecule has 0 amide bonds. The van der Waals surface area contributed by atoms with Crippen LogP contribution < -0.4 is 5.73 Å². The molecule has 0 rings (SSSR count). The maximum absolute atomic E-state index is 11.0. The van der Waals surface area contributed by atoms with E-state index < -0.39 is 7.82 Å². The van der Waals surface area contributed by atoms with E-state index in [2.05, 4.69) is 15.0 Å². The Morgan fingerprint density at radius 2 is 2.33 bits per heavy atom.